The van der Waals surface area contributed by atoms with E-state index in [0.717, 1.165) is 51.2 Å². The lowest BCUT2D eigenvalue weighted by Gasteiger charge is -2.38. The number of amides is 1. The summed E-state index contributed by atoms with van der Waals surface area (Å²) in [7, 11) is 1.73. The fourth-order valence-corrected chi connectivity index (χ4v) is 3.91. The van der Waals surface area contributed by atoms with E-state index in [9.17, 15) is 4.79 Å². The van der Waals surface area contributed by atoms with Gasteiger partial charge >= 0.3 is 0 Å². The summed E-state index contributed by atoms with van der Waals surface area (Å²) in [6, 6.07) is 6.98. The van der Waals surface area contributed by atoms with Gasteiger partial charge in [-0.1, -0.05) is 6.07 Å². The van der Waals surface area contributed by atoms with E-state index in [1.54, 1.807) is 7.11 Å². The molecule has 1 aromatic carbocycles. The van der Waals surface area contributed by atoms with Crippen LogP contribution in [0.3, 0.4) is 0 Å². The number of nitrogens with zero attached hydrogens (tertiary/aromatic N) is 2. The number of hydrogen-bond acceptors (Lipinski definition) is 3. The zero-order valence-corrected chi connectivity index (χ0v) is 13.3. The number of hydrogen-bond donors (Lipinski definition) is 0. The van der Waals surface area contributed by atoms with Gasteiger partial charge in [0.05, 0.1) is 7.11 Å². The average molecular weight is 300 g/mol. The number of benzene rings is 1. The molecule has 22 heavy (non-hydrogen) atoms. The van der Waals surface area contributed by atoms with Crippen LogP contribution in [0, 0.1) is 5.92 Å². The van der Waals surface area contributed by atoms with Crippen LogP contribution in [0.2, 0.25) is 0 Å². The minimum absolute atomic E-state index is 0.350. The summed E-state index contributed by atoms with van der Waals surface area (Å²) in [5.41, 5.74) is 2.89. The van der Waals surface area contributed by atoms with Gasteiger partial charge in [0.2, 0.25) is 5.91 Å². The summed E-state index contributed by atoms with van der Waals surface area (Å²) in [5.74, 6) is 1.70. The highest BCUT2D eigenvalue weighted by Gasteiger charge is 2.36. The van der Waals surface area contributed by atoms with Gasteiger partial charge in [-0.15, -0.1) is 0 Å². The van der Waals surface area contributed by atoms with E-state index in [0.29, 0.717) is 17.9 Å². The lowest BCUT2D eigenvalue weighted by atomic mass is 10.1. The molecule has 2 fully saturated rings. The molecule has 2 aliphatic carbocycles. The quantitative estimate of drug-likeness (QED) is 0.858. The number of fused-ring (bicyclic) bond motifs is 1. The second kappa shape index (κ2) is 5.58. The van der Waals surface area contributed by atoms with Crippen LogP contribution in [0.1, 0.15) is 36.4 Å². The first-order valence-corrected chi connectivity index (χ1v) is 8.46. The highest BCUT2D eigenvalue weighted by molar-refractivity contribution is 5.81. The molecule has 4 heteroatoms. The first-order valence-electron chi connectivity index (χ1n) is 8.46. The Morgan fingerprint density at radius 2 is 1.91 bits per heavy atom. The van der Waals surface area contributed by atoms with Crippen molar-refractivity contribution in [3.8, 4) is 5.75 Å². The van der Waals surface area contributed by atoms with Gasteiger partial charge in [-0.25, -0.2) is 0 Å². The molecule has 1 heterocycles. The van der Waals surface area contributed by atoms with Crippen molar-refractivity contribution in [3.05, 3.63) is 29.3 Å². The molecule has 1 amide bonds. The zero-order valence-electron chi connectivity index (χ0n) is 13.3. The molecule has 1 saturated heterocycles. The maximum Gasteiger partial charge on any atom is 0.225 e. The molecule has 1 atom stereocenters. The predicted molar refractivity (Wildman–Crippen MR) is 84.9 cm³/mol. The van der Waals surface area contributed by atoms with Crippen LogP contribution in [-0.2, 0) is 11.2 Å². The Labute approximate surface area is 132 Å². The summed E-state index contributed by atoms with van der Waals surface area (Å²) in [6.07, 6.45) is 4.56. The molecule has 0 N–H and O–H groups in total. The van der Waals surface area contributed by atoms with Gasteiger partial charge in [0, 0.05) is 38.1 Å². The number of carbonyl (C=O) groups is 1. The second-order valence-corrected chi connectivity index (χ2v) is 6.75. The van der Waals surface area contributed by atoms with Crippen LogP contribution in [-0.4, -0.2) is 49.0 Å². The van der Waals surface area contributed by atoms with Crippen molar-refractivity contribution in [2.75, 3.05) is 33.3 Å². The first kappa shape index (κ1) is 14.1. The number of carbonyl (C=O) groups excluding carboxylic acids is 1. The molecular formula is C18H24N2O2. The molecule has 1 aliphatic heterocycles. The Morgan fingerprint density at radius 3 is 2.59 bits per heavy atom. The van der Waals surface area contributed by atoms with E-state index >= 15 is 0 Å². The smallest absolute Gasteiger partial charge is 0.225 e. The molecule has 1 aromatic rings. The fourth-order valence-electron chi connectivity index (χ4n) is 3.91. The van der Waals surface area contributed by atoms with Crippen LogP contribution in [0.15, 0.2) is 18.2 Å². The van der Waals surface area contributed by atoms with Crippen molar-refractivity contribution < 1.29 is 9.53 Å². The summed E-state index contributed by atoms with van der Waals surface area (Å²) < 4.78 is 5.39. The summed E-state index contributed by atoms with van der Waals surface area (Å²) in [4.78, 5) is 16.8. The molecule has 0 bridgehead atoms. The monoisotopic (exact) mass is 300 g/mol. The second-order valence-electron chi connectivity index (χ2n) is 6.75. The molecular weight excluding hydrogens is 276 g/mol. The fraction of sp³-hybridized carbons (Fsp3) is 0.611. The highest BCUT2D eigenvalue weighted by Crippen LogP contribution is 2.38. The number of methoxy groups -OCH3 is 1. The molecule has 4 rings (SSSR count). The number of piperazine rings is 1. The molecule has 3 aliphatic rings. The van der Waals surface area contributed by atoms with E-state index < -0.39 is 0 Å². The Balaban J connectivity index is 1.43. The van der Waals surface area contributed by atoms with Gasteiger partial charge in [0.25, 0.3) is 0 Å². The highest BCUT2D eigenvalue weighted by atomic mass is 16.5. The van der Waals surface area contributed by atoms with Crippen LogP contribution in [0.5, 0.6) is 5.75 Å². The molecule has 4 nitrogen and oxygen atoms in total. The minimum Gasteiger partial charge on any atom is -0.497 e. The van der Waals surface area contributed by atoms with Gasteiger partial charge in [0.15, 0.2) is 0 Å². The Kier molecular flexibility index (Phi) is 3.57. The topological polar surface area (TPSA) is 32.8 Å². The average Bonchev–Trinajstić information content (AvgIpc) is 3.33. The van der Waals surface area contributed by atoms with Gasteiger partial charge in [-0.3, -0.25) is 9.69 Å². The van der Waals surface area contributed by atoms with Gasteiger partial charge in [-0.2, -0.15) is 0 Å². The first-order chi connectivity index (χ1) is 10.8. The van der Waals surface area contributed by atoms with Crippen molar-refractivity contribution >= 4 is 5.91 Å². The van der Waals surface area contributed by atoms with Crippen molar-refractivity contribution in [3.63, 3.8) is 0 Å². The Hall–Kier alpha value is -1.55. The molecule has 0 spiro atoms. The third kappa shape index (κ3) is 2.50. The minimum atomic E-state index is 0.350. The summed E-state index contributed by atoms with van der Waals surface area (Å²) >= 11 is 0. The Morgan fingerprint density at radius 1 is 1.14 bits per heavy atom. The Bertz CT molecular complexity index is 574. The van der Waals surface area contributed by atoms with Crippen LogP contribution in [0.4, 0.5) is 0 Å². The van der Waals surface area contributed by atoms with Crippen LogP contribution >= 0.6 is 0 Å². The van der Waals surface area contributed by atoms with Crippen LogP contribution in [0.25, 0.3) is 0 Å². The molecule has 118 valence electrons. The van der Waals surface area contributed by atoms with E-state index in [1.165, 1.54) is 17.5 Å². The van der Waals surface area contributed by atoms with E-state index in [2.05, 4.69) is 28.0 Å². The number of rotatable bonds is 3. The molecule has 1 saturated carbocycles. The van der Waals surface area contributed by atoms with Crippen LogP contribution < -0.4 is 4.74 Å². The van der Waals surface area contributed by atoms with Crippen molar-refractivity contribution in [2.45, 2.75) is 31.7 Å². The summed E-state index contributed by atoms with van der Waals surface area (Å²) in [6.45, 7) is 3.79. The molecule has 0 radical (unpaired) electrons. The number of aryl methyl sites for hydroxylation is 1. The third-order valence-corrected chi connectivity index (χ3v) is 5.39. The van der Waals surface area contributed by atoms with E-state index in [-0.39, 0.29) is 0 Å². The largest absolute Gasteiger partial charge is 0.497 e. The van der Waals surface area contributed by atoms with Crippen molar-refractivity contribution in [2.24, 2.45) is 5.92 Å². The van der Waals surface area contributed by atoms with Crippen molar-refractivity contribution in [1.82, 2.24) is 9.80 Å². The maximum absolute atomic E-state index is 12.2. The van der Waals surface area contributed by atoms with E-state index in [1.807, 2.05) is 0 Å². The van der Waals surface area contributed by atoms with Crippen molar-refractivity contribution in [1.29, 1.82) is 0 Å². The van der Waals surface area contributed by atoms with Gasteiger partial charge in [-0.05, 0) is 48.9 Å². The van der Waals surface area contributed by atoms with Gasteiger partial charge < -0.3 is 9.64 Å². The molecule has 0 aromatic heterocycles. The lowest BCUT2D eigenvalue weighted by Crippen LogP contribution is -2.49. The zero-order chi connectivity index (χ0) is 15.1. The number of ether oxygens (including phenoxy) is 1. The molecule has 0 unspecified atom stereocenters. The predicted octanol–water partition coefficient (Wildman–Crippen LogP) is 2.24. The lowest BCUT2D eigenvalue weighted by molar-refractivity contribution is -0.134. The summed E-state index contributed by atoms with van der Waals surface area (Å²) in [5, 5.41) is 0. The SMILES string of the molecule is COc1ccc2c(c1)[C@@H](N1CCN(C(=O)C3CC3)CC1)CC2. The van der Waals surface area contributed by atoms with E-state index in [4.69, 9.17) is 4.74 Å². The standard InChI is InChI=1S/C18H24N2O2/c1-22-15-6-4-13-5-7-17(16(13)12-15)19-8-10-20(11-9-19)18(21)14-2-3-14/h4,6,12,14,17H,2-3,5,7-11H2,1H3/t17-/m0/s1. The third-order valence-electron chi connectivity index (χ3n) is 5.39. The maximum atomic E-state index is 12.2. The van der Waals surface area contributed by atoms with Gasteiger partial charge in [0.1, 0.15) is 5.75 Å². The normalized spacial score (nSPS) is 25.1.